The molecule has 1 aliphatic rings. The van der Waals surface area contributed by atoms with Crippen molar-refractivity contribution in [3.05, 3.63) is 29.1 Å². The molecular formula is C14H21FN2. The van der Waals surface area contributed by atoms with Gasteiger partial charge in [-0.1, -0.05) is 0 Å². The van der Waals surface area contributed by atoms with Crippen molar-refractivity contribution in [2.45, 2.75) is 32.7 Å². The van der Waals surface area contributed by atoms with Crippen LogP contribution in [0.4, 0.5) is 10.1 Å². The smallest absolute Gasteiger partial charge is 0.126 e. The van der Waals surface area contributed by atoms with Gasteiger partial charge in [0.1, 0.15) is 5.82 Å². The fraction of sp³-hybridized carbons (Fsp3) is 0.571. The molecule has 0 radical (unpaired) electrons. The molecule has 0 saturated carbocycles. The van der Waals surface area contributed by atoms with Crippen molar-refractivity contribution in [1.82, 2.24) is 5.32 Å². The molecular weight excluding hydrogens is 215 g/mol. The number of nitrogens with one attached hydrogen (secondary N) is 1. The Morgan fingerprint density at radius 1 is 1.29 bits per heavy atom. The lowest BCUT2D eigenvalue weighted by Gasteiger charge is -2.25. The fourth-order valence-corrected chi connectivity index (χ4v) is 2.42. The van der Waals surface area contributed by atoms with E-state index >= 15 is 0 Å². The van der Waals surface area contributed by atoms with Gasteiger partial charge in [-0.05, 0) is 57.0 Å². The van der Waals surface area contributed by atoms with Gasteiger partial charge in [0.25, 0.3) is 0 Å². The standard InChI is InChI=1S/C14H21FN2/c1-10-8-14(17-6-4-5-7-17)12(9-13(10)15)11(2)16-3/h8-9,11,16H,4-7H2,1-3H3. The maximum Gasteiger partial charge on any atom is 0.126 e. The second-order valence-electron chi connectivity index (χ2n) is 4.86. The van der Waals surface area contributed by atoms with Gasteiger partial charge in [0.15, 0.2) is 0 Å². The summed E-state index contributed by atoms with van der Waals surface area (Å²) in [6.45, 7) is 6.09. The van der Waals surface area contributed by atoms with Gasteiger partial charge >= 0.3 is 0 Å². The van der Waals surface area contributed by atoms with Crippen LogP contribution in [0.3, 0.4) is 0 Å². The van der Waals surface area contributed by atoms with Crippen molar-refractivity contribution in [1.29, 1.82) is 0 Å². The van der Waals surface area contributed by atoms with E-state index in [0.717, 1.165) is 24.2 Å². The van der Waals surface area contributed by atoms with Gasteiger partial charge in [0.2, 0.25) is 0 Å². The Labute approximate surface area is 103 Å². The first-order valence-corrected chi connectivity index (χ1v) is 6.35. The molecule has 0 aliphatic carbocycles. The molecule has 0 bridgehead atoms. The molecule has 1 aliphatic heterocycles. The van der Waals surface area contributed by atoms with Gasteiger partial charge in [-0.15, -0.1) is 0 Å². The summed E-state index contributed by atoms with van der Waals surface area (Å²) >= 11 is 0. The third-order valence-corrected chi connectivity index (χ3v) is 3.65. The lowest BCUT2D eigenvalue weighted by Crippen LogP contribution is -2.23. The first-order valence-electron chi connectivity index (χ1n) is 6.35. The van der Waals surface area contributed by atoms with Gasteiger partial charge < -0.3 is 10.2 Å². The molecule has 2 nitrogen and oxygen atoms in total. The Morgan fingerprint density at radius 2 is 1.94 bits per heavy atom. The van der Waals surface area contributed by atoms with E-state index in [2.05, 4.69) is 17.1 Å². The molecule has 1 unspecified atom stereocenters. The largest absolute Gasteiger partial charge is 0.371 e. The number of aryl methyl sites for hydroxylation is 1. The zero-order chi connectivity index (χ0) is 12.4. The summed E-state index contributed by atoms with van der Waals surface area (Å²) in [7, 11) is 1.91. The van der Waals surface area contributed by atoms with Gasteiger partial charge in [-0.2, -0.15) is 0 Å². The van der Waals surface area contributed by atoms with Gasteiger partial charge in [0.05, 0.1) is 0 Å². The van der Waals surface area contributed by atoms with Crippen molar-refractivity contribution in [2.24, 2.45) is 0 Å². The minimum absolute atomic E-state index is 0.106. The zero-order valence-electron chi connectivity index (χ0n) is 10.9. The van der Waals surface area contributed by atoms with E-state index in [1.807, 2.05) is 20.0 Å². The quantitative estimate of drug-likeness (QED) is 0.868. The van der Waals surface area contributed by atoms with Crippen molar-refractivity contribution < 1.29 is 4.39 Å². The van der Waals surface area contributed by atoms with Crippen molar-refractivity contribution >= 4 is 5.69 Å². The number of anilines is 1. The monoisotopic (exact) mass is 236 g/mol. The van der Waals surface area contributed by atoms with E-state index in [4.69, 9.17) is 0 Å². The highest BCUT2D eigenvalue weighted by molar-refractivity contribution is 5.57. The van der Waals surface area contributed by atoms with Crippen LogP contribution in [0.25, 0.3) is 0 Å². The molecule has 3 heteroatoms. The third-order valence-electron chi connectivity index (χ3n) is 3.65. The summed E-state index contributed by atoms with van der Waals surface area (Å²) in [5.74, 6) is -0.106. The SMILES string of the molecule is CNC(C)c1cc(F)c(C)cc1N1CCCC1. The van der Waals surface area contributed by atoms with Crippen LogP contribution in [0.1, 0.15) is 36.9 Å². The lowest BCUT2D eigenvalue weighted by molar-refractivity contribution is 0.600. The molecule has 1 atom stereocenters. The number of halogens is 1. The predicted octanol–water partition coefficient (Wildman–Crippen LogP) is 3.01. The Bertz CT molecular complexity index is 397. The number of nitrogens with zero attached hydrogens (tertiary/aromatic N) is 1. The number of hydrogen-bond acceptors (Lipinski definition) is 2. The highest BCUT2D eigenvalue weighted by Crippen LogP contribution is 2.31. The molecule has 1 aromatic carbocycles. The lowest BCUT2D eigenvalue weighted by atomic mass is 10.0. The van der Waals surface area contributed by atoms with Crippen LogP contribution in [0.2, 0.25) is 0 Å². The van der Waals surface area contributed by atoms with E-state index in [-0.39, 0.29) is 11.9 Å². The van der Waals surface area contributed by atoms with Crippen molar-refractivity contribution in [2.75, 3.05) is 25.0 Å². The Hall–Kier alpha value is -1.09. The first-order chi connectivity index (χ1) is 8.13. The second-order valence-corrected chi connectivity index (χ2v) is 4.86. The maximum absolute atomic E-state index is 13.7. The minimum Gasteiger partial charge on any atom is -0.371 e. The Balaban J connectivity index is 2.43. The van der Waals surface area contributed by atoms with E-state index in [1.165, 1.54) is 18.5 Å². The topological polar surface area (TPSA) is 15.3 Å². The fourth-order valence-electron chi connectivity index (χ4n) is 2.42. The average molecular weight is 236 g/mol. The van der Waals surface area contributed by atoms with Crippen LogP contribution in [0.15, 0.2) is 12.1 Å². The van der Waals surface area contributed by atoms with Crippen LogP contribution in [-0.4, -0.2) is 20.1 Å². The van der Waals surface area contributed by atoms with Crippen molar-refractivity contribution in [3.63, 3.8) is 0 Å². The molecule has 1 heterocycles. The highest BCUT2D eigenvalue weighted by atomic mass is 19.1. The van der Waals surface area contributed by atoms with E-state index in [9.17, 15) is 4.39 Å². The minimum atomic E-state index is -0.106. The molecule has 17 heavy (non-hydrogen) atoms. The van der Waals surface area contributed by atoms with Crippen LogP contribution in [0, 0.1) is 12.7 Å². The van der Waals surface area contributed by atoms with E-state index < -0.39 is 0 Å². The molecule has 1 fully saturated rings. The molecule has 0 spiro atoms. The summed E-state index contributed by atoms with van der Waals surface area (Å²) in [6.07, 6.45) is 2.48. The van der Waals surface area contributed by atoms with Crippen LogP contribution < -0.4 is 10.2 Å². The predicted molar refractivity (Wildman–Crippen MR) is 70.1 cm³/mol. The van der Waals surface area contributed by atoms with Gasteiger partial charge in [0, 0.05) is 24.8 Å². The van der Waals surface area contributed by atoms with Gasteiger partial charge in [-0.3, -0.25) is 0 Å². The highest BCUT2D eigenvalue weighted by Gasteiger charge is 2.19. The first kappa shape index (κ1) is 12.4. The summed E-state index contributed by atoms with van der Waals surface area (Å²) in [5, 5.41) is 3.20. The summed E-state index contributed by atoms with van der Waals surface area (Å²) in [6, 6.07) is 3.86. The summed E-state index contributed by atoms with van der Waals surface area (Å²) in [4.78, 5) is 2.37. The summed E-state index contributed by atoms with van der Waals surface area (Å²) < 4.78 is 13.7. The zero-order valence-corrected chi connectivity index (χ0v) is 10.9. The second kappa shape index (κ2) is 5.05. The van der Waals surface area contributed by atoms with Crippen LogP contribution >= 0.6 is 0 Å². The number of benzene rings is 1. The van der Waals surface area contributed by atoms with E-state index in [1.54, 1.807) is 6.07 Å². The number of hydrogen-bond donors (Lipinski definition) is 1. The summed E-state index contributed by atoms with van der Waals surface area (Å²) in [5.41, 5.74) is 3.00. The Morgan fingerprint density at radius 3 is 2.53 bits per heavy atom. The van der Waals surface area contributed by atoms with Crippen LogP contribution in [-0.2, 0) is 0 Å². The van der Waals surface area contributed by atoms with Gasteiger partial charge in [-0.25, -0.2) is 4.39 Å². The normalized spacial score (nSPS) is 17.5. The molecule has 0 aromatic heterocycles. The number of rotatable bonds is 3. The Kier molecular flexibility index (Phi) is 3.67. The average Bonchev–Trinajstić information content (AvgIpc) is 2.84. The molecule has 94 valence electrons. The van der Waals surface area contributed by atoms with Crippen LogP contribution in [0.5, 0.6) is 0 Å². The molecule has 1 saturated heterocycles. The molecule has 2 rings (SSSR count). The molecule has 1 aromatic rings. The third kappa shape index (κ3) is 2.44. The maximum atomic E-state index is 13.7. The van der Waals surface area contributed by atoms with E-state index in [0.29, 0.717) is 0 Å². The molecule has 0 amide bonds. The molecule has 1 N–H and O–H groups in total. The van der Waals surface area contributed by atoms with Crippen molar-refractivity contribution in [3.8, 4) is 0 Å².